The van der Waals surface area contributed by atoms with Crippen LogP contribution in [0.4, 0.5) is 0 Å². The first-order valence-corrected chi connectivity index (χ1v) is 6.90. The maximum absolute atomic E-state index is 11.1. The van der Waals surface area contributed by atoms with Crippen LogP contribution in [0.1, 0.15) is 30.1 Å². The minimum Gasteiger partial charge on any atom is -0.491 e. The van der Waals surface area contributed by atoms with Crippen LogP contribution in [0.2, 0.25) is 0 Å². The minimum atomic E-state index is -0.757. The average Bonchev–Trinajstić information content (AvgIpc) is 3.19. The van der Waals surface area contributed by atoms with E-state index in [1.165, 1.54) is 0 Å². The molecule has 1 aromatic carbocycles. The van der Waals surface area contributed by atoms with Crippen LogP contribution in [0.5, 0.6) is 5.75 Å². The molecule has 0 spiro atoms. The first kappa shape index (κ1) is 13.4. The number of rotatable bonds is 4. The number of aliphatic carboxylic acids is 1. The molecule has 5 nitrogen and oxygen atoms in total. The zero-order valence-corrected chi connectivity index (χ0v) is 11.4. The molecule has 1 aliphatic heterocycles. The van der Waals surface area contributed by atoms with E-state index in [-0.39, 0.29) is 6.04 Å². The fraction of sp³-hybridized carbons (Fsp3) is 0.533. The van der Waals surface area contributed by atoms with Gasteiger partial charge < -0.3 is 20.3 Å². The van der Waals surface area contributed by atoms with Crippen LogP contribution in [-0.4, -0.2) is 35.4 Å². The number of hydrogen-bond donors (Lipinski definition) is 3. The minimum absolute atomic E-state index is 0.262. The van der Waals surface area contributed by atoms with Crippen LogP contribution < -0.4 is 10.1 Å². The van der Waals surface area contributed by atoms with E-state index in [2.05, 4.69) is 5.32 Å². The molecule has 3 N–H and O–H groups in total. The van der Waals surface area contributed by atoms with Crippen molar-refractivity contribution in [2.45, 2.75) is 31.9 Å². The van der Waals surface area contributed by atoms with Gasteiger partial charge in [0.15, 0.2) is 0 Å². The van der Waals surface area contributed by atoms with E-state index in [1.54, 1.807) is 0 Å². The van der Waals surface area contributed by atoms with E-state index in [4.69, 9.17) is 9.84 Å². The van der Waals surface area contributed by atoms with Crippen molar-refractivity contribution in [3.8, 4) is 5.75 Å². The fourth-order valence-corrected chi connectivity index (χ4v) is 2.61. The fourth-order valence-electron chi connectivity index (χ4n) is 2.61. The molecule has 108 valence electrons. The maximum atomic E-state index is 11.1. The number of nitrogens with one attached hydrogen (secondary N) is 1. The number of aliphatic hydroxyl groups excluding tert-OH is 1. The molecule has 0 radical (unpaired) electrons. The highest BCUT2D eigenvalue weighted by Crippen LogP contribution is 2.45. The summed E-state index contributed by atoms with van der Waals surface area (Å²) in [4.78, 5) is 11.1. The Kier molecular flexibility index (Phi) is 3.18. The van der Waals surface area contributed by atoms with Gasteiger partial charge in [-0.1, -0.05) is 12.1 Å². The summed E-state index contributed by atoms with van der Waals surface area (Å²) in [7, 11) is 0. The Bertz CT molecular complexity index is 539. The Morgan fingerprint density at radius 1 is 1.50 bits per heavy atom. The topological polar surface area (TPSA) is 78.8 Å². The Hall–Kier alpha value is -1.59. The van der Waals surface area contributed by atoms with Crippen molar-refractivity contribution in [2.24, 2.45) is 5.41 Å². The molecule has 5 heteroatoms. The van der Waals surface area contributed by atoms with E-state index in [0.717, 1.165) is 16.9 Å². The molecule has 0 amide bonds. The number of aryl methyl sites for hydroxylation is 1. The molecule has 3 rings (SSSR count). The first-order valence-electron chi connectivity index (χ1n) is 6.90. The monoisotopic (exact) mass is 277 g/mol. The summed E-state index contributed by atoms with van der Waals surface area (Å²) in [5.74, 6) is -0.0397. The lowest BCUT2D eigenvalue weighted by molar-refractivity contribution is -0.143. The van der Waals surface area contributed by atoms with Crippen molar-refractivity contribution in [1.82, 2.24) is 5.32 Å². The van der Waals surface area contributed by atoms with Crippen molar-refractivity contribution >= 4 is 5.97 Å². The van der Waals surface area contributed by atoms with Gasteiger partial charge in [-0.25, -0.2) is 0 Å². The number of carbonyl (C=O) groups is 1. The van der Waals surface area contributed by atoms with E-state index < -0.39 is 17.5 Å². The highest BCUT2D eigenvalue weighted by Gasteiger charge is 2.50. The van der Waals surface area contributed by atoms with Gasteiger partial charge >= 0.3 is 5.97 Å². The smallest absolute Gasteiger partial charge is 0.310 e. The van der Waals surface area contributed by atoms with Crippen molar-refractivity contribution in [2.75, 3.05) is 13.2 Å². The Morgan fingerprint density at radius 3 is 2.90 bits per heavy atom. The number of aliphatic hydroxyl groups is 1. The van der Waals surface area contributed by atoms with Crippen LogP contribution in [0.3, 0.4) is 0 Å². The van der Waals surface area contributed by atoms with Gasteiger partial charge in [0.2, 0.25) is 0 Å². The lowest BCUT2D eigenvalue weighted by Gasteiger charge is -2.32. The number of hydrogen-bond acceptors (Lipinski definition) is 4. The van der Waals surface area contributed by atoms with Crippen molar-refractivity contribution < 1.29 is 19.7 Å². The lowest BCUT2D eigenvalue weighted by atomic mass is 9.97. The third kappa shape index (κ3) is 2.27. The summed E-state index contributed by atoms with van der Waals surface area (Å²) < 4.78 is 5.66. The molecule has 2 aliphatic rings. The number of carboxylic acid groups (broad SMARTS) is 1. The maximum Gasteiger partial charge on any atom is 0.310 e. The zero-order valence-electron chi connectivity index (χ0n) is 11.4. The van der Waals surface area contributed by atoms with Crippen LogP contribution in [0.15, 0.2) is 18.2 Å². The van der Waals surface area contributed by atoms with Crippen molar-refractivity contribution in [3.63, 3.8) is 0 Å². The molecule has 0 saturated heterocycles. The molecule has 0 aromatic heterocycles. The van der Waals surface area contributed by atoms with Gasteiger partial charge in [-0.3, -0.25) is 4.79 Å². The van der Waals surface area contributed by atoms with Crippen molar-refractivity contribution in [1.29, 1.82) is 0 Å². The Morgan fingerprint density at radius 2 is 2.25 bits per heavy atom. The summed E-state index contributed by atoms with van der Waals surface area (Å²) >= 11 is 0. The second-order valence-electron chi connectivity index (χ2n) is 5.87. The summed E-state index contributed by atoms with van der Waals surface area (Å²) in [6, 6.07) is 5.46. The highest BCUT2D eigenvalue weighted by molar-refractivity contribution is 5.78. The number of ether oxygens (including phenoxy) is 1. The van der Waals surface area contributed by atoms with Gasteiger partial charge in [0.05, 0.1) is 11.5 Å². The molecule has 2 unspecified atom stereocenters. The predicted octanol–water partition coefficient (Wildman–Crippen LogP) is 1.24. The Labute approximate surface area is 117 Å². The average molecular weight is 277 g/mol. The van der Waals surface area contributed by atoms with E-state index in [1.807, 2.05) is 25.1 Å². The molecule has 1 saturated carbocycles. The molecule has 0 bridgehead atoms. The second kappa shape index (κ2) is 4.75. The molecule has 2 atom stereocenters. The van der Waals surface area contributed by atoms with Crippen LogP contribution in [0.25, 0.3) is 0 Å². The van der Waals surface area contributed by atoms with Crippen molar-refractivity contribution in [3.05, 3.63) is 29.3 Å². The van der Waals surface area contributed by atoms with Crippen LogP contribution in [-0.2, 0) is 4.79 Å². The van der Waals surface area contributed by atoms with Gasteiger partial charge in [-0.05, 0) is 31.4 Å². The normalized spacial score (nSPS) is 26.5. The van der Waals surface area contributed by atoms with E-state index >= 15 is 0 Å². The number of carboxylic acids is 1. The Balaban J connectivity index is 1.68. The molecule has 1 fully saturated rings. The van der Waals surface area contributed by atoms with Crippen LogP contribution >= 0.6 is 0 Å². The number of benzene rings is 1. The third-order valence-corrected chi connectivity index (χ3v) is 4.30. The summed E-state index contributed by atoms with van der Waals surface area (Å²) in [6.07, 6.45) is 0.743. The first-order chi connectivity index (χ1) is 9.52. The largest absolute Gasteiger partial charge is 0.491 e. The van der Waals surface area contributed by atoms with E-state index in [0.29, 0.717) is 26.0 Å². The summed E-state index contributed by atoms with van der Waals surface area (Å²) in [5, 5.41) is 22.7. The quantitative estimate of drug-likeness (QED) is 0.772. The molecule has 20 heavy (non-hydrogen) atoms. The van der Waals surface area contributed by atoms with Gasteiger partial charge in [0.25, 0.3) is 0 Å². The third-order valence-electron chi connectivity index (χ3n) is 4.30. The van der Waals surface area contributed by atoms with Crippen LogP contribution in [0, 0.1) is 12.3 Å². The SMILES string of the molecule is Cc1ccc2c(c1)OCC(NCC1(C(=O)O)CC1)C2O. The second-order valence-corrected chi connectivity index (χ2v) is 5.87. The molecular weight excluding hydrogens is 258 g/mol. The molecule has 1 aromatic rings. The zero-order chi connectivity index (χ0) is 14.3. The lowest BCUT2D eigenvalue weighted by Crippen LogP contribution is -2.46. The van der Waals surface area contributed by atoms with Gasteiger partial charge in [0.1, 0.15) is 18.5 Å². The summed E-state index contributed by atoms with van der Waals surface area (Å²) in [5.41, 5.74) is 1.22. The van der Waals surface area contributed by atoms with E-state index in [9.17, 15) is 9.90 Å². The highest BCUT2D eigenvalue weighted by atomic mass is 16.5. The summed E-state index contributed by atoms with van der Waals surface area (Å²) in [6.45, 7) is 2.71. The standard InChI is InChI=1S/C15H19NO4/c1-9-2-3-10-12(6-9)20-7-11(13(10)17)16-8-15(4-5-15)14(18)19/h2-3,6,11,13,16-17H,4-5,7-8H2,1H3,(H,18,19). The van der Waals surface area contributed by atoms with Gasteiger partial charge in [-0.15, -0.1) is 0 Å². The molecule has 1 heterocycles. The predicted molar refractivity (Wildman–Crippen MR) is 72.7 cm³/mol. The molecular formula is C15H19NO4. The van der Waals surface area contributed by atoms with Gasteiger partial charge in [-0.2, -0.15) is 0 Å². The molecule has 1 aliphatic carbocycles. The van der Waals surface area contributed by atoms with Gasteiger partial charge in [0, 0.05) is 12.1 Å². The number of fused-ring (bicyclic) bond motifs is 1.